The molecule has 1 aromatic rings. The van der Waals surface area contributed by atoms with Crippen LogP contribution in [0.1, 0.15) is 12.8 Å². The molecule has 5 nitrogen and oxygen atoms in total. The lowest BCUT2D eigenvalue weighted by Crippen LogP contribution is -2.56. The lowest BCUT2D eigenvalue weighted by molar-refractivity contribution is -0.136. The van der Waals surface area contributed by atoms with Gasteiger partial charge in [0.1, 0.15) is 6.61 Å². The Kier molecular flexibility index (Phi) is 4.95. The molecule has 0 saturated carbocycles. The number of carbonyl (C=O) groups excluding carboxylic acids is 1. The molecule has 1 N–H and O–H groups in total. The first-order valence-corrected chi connectivity index (χ1v) is 8.20. The van der Waals surface area contributed by atoms with E-state index in [0.29, 0.717) is 6.04 Å². The largest absolute Gasteiger partial charge is 0.387 e. The first-order chi connectivity index (χ1) is 10.8. The zero-order chi connectivity index (χ0) is 15.4. The molecule has 2 fully saturated rings. The monoisotopic (exact) mass is 303 g/mol. The van der Waals surface area contributed by atoms with Crippen LogP contribution >= 0.6 is 0 Å². The molecule has 0 spiro atoms. The average molecular weight is 303 g/mol. The molecule has 2 saturated heterocycles. The molecule has 0 aliphatic carbocycles. The molecule has 5 heteroatoms. The lowest BCUT2D eigenvalue weighted by atomic mass is 10.0. The molecular weight excluding hydrogens is 278 g/mol. The summed E-state index contributed by atoms with van der Waals surface area (Å²) in [6.07, 6.45) is 2.19. The maximum Gasteiger partial charge on any atom is 0.248 e. The van der Waals surface area contributed by atoms with Crippen LogP contribution in [0.2, 0.25) is 0 Å². The van der Waals surface area contributed by atoms with E-state index in [0.717, 1.165) is 52.1 Å². The summed E-state index contributed by atoms with van der Waals surface area (Å²) in [5.74, 6) is -0.132. The van der Waals surface area contributed by atoms with Crippen molar-refractivity contribution >= 4 is 11.6 Å². The maximum absolute atomic E-state index is 11.7. The number of benzene rings is 1. The minimum Gasteiger partial charge on any atom is -0.387 e. The van der Waals surface area contributed by atoms with Gasteiger partial charge in [-0.3, -0.25) is 9.69 Å². The Morgan fingerprint density at radius 1 is 1.09 bits per heavy atom. The van der Waals surface area contributed by atoms with Crippen molar-refractivity contribution in [2.45, 2.75) is 18.9 Å². The van der Waals surface area contributed by atoms with Crippen LogP contribution in [0.3, 0.4) is 0 Å². The SMILES string of the molecule is O=C(CO)N1CCCC(N2CCN(c3ccccc3)CC2)C1. The van der Waals surface area contributed by atoms with Gasteiger partial charge in [-0.05, 0) is 25.0 Å². The van der Waals surface area contributed by atoms with E-state index in [1.165, 1.54) is 5.69 Å². The number of likely N-dealkylation sites (tertiary alicyclic amines) is 1. The molecule has 22 heavy (non-hydrogen) atoms. The van der Waals surface area contributed by atoms with Crippen molar-refractivity contribution in [1.82, 2.24) is 9.80 Å². The molecule has 2 heterocycles. The third kappa shape index (κ3) is 3.42. The van der Waals surface area contributed by atoms with E-state index < -0.39 is 0 Å². The molecule has 0 bridgehead atoms. The standard InChI is InChI=1S/C17H25N3O2/c21-14-17(22)20-8-4-7-16(13-20)19-11-9-18(10-12-19)15-5-2-1-3-6-15/h1-3,5-6,16,21H,4,7-14H2. The van der Waals surface area contributed by atoms with Gasteiger partial charge < -0.3 is 14.9 Å². The van der Waals surface area contributed by atoms with E-state index in [1.807, 2.05) is 4.90 Å². The van der Waals surface area contributed by atoms with Gasteiger partial charge in [-0.15, -0.1) is 0 Å². The van der Waals surface area contributed by atoms with Gasteiger partial charge in [0.2, 0.25) is 5.91 Å². The summed E-state index contributed by atoms with van der Waals surface area (Å²) in [5, 5.41) is 9.03. The van der Waals surface area contributed by atoms with E-state index in [9.17, 15) is 4.79 Å². The van der Waals surface area contributed by atoms with Crippen molar-refractivity contribution in [2.75, 3.05) is 50.8 Å². The fraction of sp³-hybridized carbons (Fsp3) is 0.588. The van der Waals surface area contributed by atoms with Crippen LogP contribution in [0.25, 0.3) is 0 Å². The number of para-hydroxylation sites is 1. The van der Waals surface area contributed by atoms with Crippen molar-refractivity contribution < 1.29 is 9.90 Å². The molecule has 120 valence electrons. The number of hydrogen-bond donors (Lipinski definition) is 1. The van der Waals surface area contributed by atoms with Gasteiger partial charge in [-0.25, -0.2) is 0 Å². The highest BCUT2D eigenvalue weighted by molar-refractivity contribution is 5.77. The number of nitrogens with zero attached hydrogens (tertiary/aromatic N) is 3. The summed E-state index contributed by atoms with van der Waals surface area (Å²) in [6, 6.07) is 11.0. The van der Waals surface area contributed by atoms with E-state index >= 15 is 0 Å². The van der Waals surface area contributed by atoms with Gasteiger partial charge in [-0.1, -0.05) is 18.2 Å². The van der Waals surface area contributed by atoms with Crippen LogP contribution < -0.4 is 4.90 Å². The predicted molar refractivity (Wildman–Crippen MR) is 86.9 cm³/mol. The smallest absolute Gasteiger partial charge is 0.248 e. The number of aliphatic hydroxyl groups is 1. The summed E-state index contributed by atoms with van der Waals surface area (Å²) in [7, 11) is 0. The molecule has 1 aromatic carbocycles. The Balaban J connectivity index is 1.54. The Bertz CT molecular complexity index is 486. The van der Waals surface area contributed by atoms with Crippen LogP contribution in [0.4, 0.5) is 5.69 Å². The van der Waals surface area contributed by atoms with Crippen LogP contribution in [0.15, 0.2) is 30.3 Å². The molecule has 2 aliphatic heterocycles. The topological polar surface area (TPSA) is 47.0 Å². The van der Waals surface area contributed by atoms with Crippen molar-refractivity contribution in [2.24, 2.45) is 0 Å². The van der Waals surface area contributed by atoms with Crippen molar-refractivity contribution in [3.8, 4) is 0 Å². The van der Waals surface area contributed by atoms with E-state index in [4.69, 9.17) is 5.11 Å². The molecular formula is C17H25N3O2. The van der Waals surface area contributed by atoms with E-state index in [2.05, 4.69) is 40.1 Å². The van der Waals surface area contributed by atoms with Gasteiger partial charge in [0.25, 0.3) is 0 Å². The fourth-order valence-corrected chi connectivity index (χ4v) is 3.56. The Morgan fingerprint density at radius 2 is 1.82 bits per heavy atom. The van der Waals surface area contributed by atoms with Gasteiger partial charge in [0, 0.05) is 51.0 Å². The number of rotatable bonds is 3. The minimum absolute atomic E-state index is 0.132. The van der Waals surface area contributed by atoms with Crippen molar-refractivity contribution in [1.29, 1.82) is 0 Å². The molecule has 1 unspecified atom stereocenters. The second kappa shape index (κ2) is 7.11. The fourth-order valence-electron chi connectivity index (χ4n) is 3.56. The number of piperidine rings is 1. The van der Waals surface area contributed by atoms with E-state index in [1.54, 1.807) is 0 Å². The lowest BCUT2D eigenvalue weighted by Gasteiger charge is -2.43. The highest BCUT2D eigenvalue weighted by Crippen LogP contribution is 2.20. The zero-order valence-electron chi connectivity index (χ0n) is 13.0. The molecule has 3 rings (SSSR count). The summed E-state index contributed by atoms with van der Waals surface area (Å²) in [4.78, 5) is 18.4. The van der Waals surface area contributed by atoms with Crippen LogP contribution in [0.5, 0.6) is 0 Å². The molecule has 2 aliphatic rings. The number of aliphatic hydroxyl groups excluding tert-OH is 1. The maximum atomic E-state index is 11.7. The number of anilines is 1. The third-order valence-corrected chi connectivity index (χ3v) is 4.84. The summed E-state index contributed by atoms with van der Waals surface area (Å²) in [5.41, 5.74) is 1.29. The van der Waals surface area contributed by atoms with Crippen molar-refractivity contribution in [3.63, 3.8) is 0 Å². The van der Waals surface area contributed by atoms with Gasteiger partial charge in [0.05, 0.1) is 0 Å². The Morgan fingerprint density at radius 3 is 2.50 bits per heavy atom. The Labute approximate surface area is 132 Å². The molecule has 1 atom stereocenters. The number of carbonyl (C=O) groups is 1. The predicted octanol–water partition coefficient (Wildman–Crippen LogP) is 0.792. The molecule has 0 radical (unpaired) electrons. The second-order valence-electron chi connectivity index (χ2n) is 6.15. The summed E-state index contributed by atoms with van der Waals surface area (Å²) < 4.78 is 0. The van der Waals surface area contributed by atoms with Gasteiger partial charge >= 0.3 is 0 Å². The molecule has 0 aromatic heterocycles. The van der Waals surface area contributed by atoms with Crippen LogP contribution in [0, 0.1) is 0 Å². The Hall–Kier alpha value is -1.59. The van der Waals surface area contributed by atoms with Crippen LogP contribution in [-0.2, 0) is 4.79 Å². The normalized spacial score (nSPS) is 23.6. The summed E-state index contributed by atoms with van der Waals surface area (Å²) >= 11 is 0. The first kappa shape index (κ1) is 15.3. The number of amides is 1. The molecule has 1 amide bonds. The second-order valence-corrected chi connectivity index (χ2v) is 6.15. The van der Waals surface area contributed by atoms with Gasteiger partial charge in [-0.2, -0.15) is 0 Å². The summed E-state index contributed by atoms with van der Waals surface area (Å²) in [6.45, 7) is 5.35. The van der Waals surface area contributed by atoms with Crippen molar-refractivity contribution in [3.05, 3.63) is 30.3 Å². The third-order valence-electron chi connectivity index (χ3n) is 4.84. The highest BCUT2D eigenvalue weighted by Gasteiger charge is 2.29. The first-order valence-electron chi connectivity index (χ1n) is 8.20. The number of hydrogen-bond acceptors (Lipinski definition) is 4. The minimum atomic E-state index is -0.367. The zero-order valence-corrected chi connectivity index (χ0v) is 13.0. The highest BCUT2D eigenvalue weighted by atomic mass is 16.3. The van der Waals surface area contributed by atoms with E-state index in [-0.39, 0.29) is 12.5 Å². The number of piperazine rings is 1. The van der Waals surface area contributed by atoms with Crippen LogP contribution in [-0.4, -0.2) is 72.7 Å². The quantitative estimate of drug-likeness (QED) is 0.897. The average Bonchev–Trinajstić information content (AvgIpc) is 2.62. The van der Waals surface area contributed by atoms with Gasteiger partial charge in [0.15, 0.2) is 0 Å².